The lowest BCUT2D eigenvalue weighted by molar-refractivity contribution is 0.102. The normalized spacial score (nSPS) is 10.6. The van der Waals surface area contributed by atoms with Gasteiger partial charge in [0.2, 0.25) is 0 Å². The number of nitrogens with zero attached hydrogens (tertiary/aromatic N) is 4. The molecule has 0 aliphatic carbocycles. The highest BCUT2D eigenvalue weighted by atomic mass is 32.1. The van der Waals surface area contributed by atoms with Crippen LogP contribution in [0.15, 0.2) is 36.2 Å². The number of thiazole rings is 1. The number of benzene rings is 1. The number of anilines is 1. The van der Waals surface area contributed by atoms with Crippen LogP contribution in [0.3, 0.4) is 0 Å². The molecule has 1 N–H and O–H groups in total. The van der Waals surface area contributed by atoms with E-state index in [0.717, 1.165) is 23.5 Å². The monoisotopic (exact) mass is 343 g/mol. The van der Waals surface area contributed by atoms with Gasteiger partial charge in [0.25, 0.3) is 5.91 Å². The molecule has 0 radical (unpaired) electrons. The number of aryl methyl sites for hydroxylation is 1. The second-order valence-corrected chi connectivity index (χ2v) is 6.03. The SMILES string of the molecule is CCCc1nc(C(=O)Nc2cc(-n3cnnc3)ccc2OC)cs1. The van der Waals surface area contributed by atoms with Crippen molar-refractivity contribution in [2.45, 2.75) is 19.8 Å². The fourth-order valence-corrected chi connectivity index (χ4v) is 3.10. The van der Waals surface area contributed by atoms with E-state index in [1.165, 1.54) is 11.3 Å². The second kappa shape index (κ2) is 7.22. The molecule has 0 aliphatic heterocycles. The Morgan fingerprint density at radius 3 is 2.83 bits per heavy atom. The number of carbonyl (C=O) groups is 1. The van der Waals surface area contributed by atoms with Gasteiger partial charge in [0.1, 0.15) is 24.1 Å². The molecule has 8 heteroatoms. The lowest BCUT2D eigenvalue weighted by Gasteiger charge is -2.11. The molecule has 0 saturated heterocycles. The molecule has 1 amide bonds. The largest absolute Gasteiger partial charge is 0.495 e. The van der Waals surface area contributed by atoms with Gasteiger partial charge in [-0.15, -0.1) is 21.5 Å². The molecule has 0 atom stereocenters. The quantitative estimate of drug-likeness (QED) is 0.744. The predicted octanol–water partition coefficient (Wildman–Crippen LogP) is 2.94. The summed E-state index contributed by atoms with van der Waals surface area (Å²) in [7, 11) is 1.56. The third-order valence-electron chi connectivity index (χ3n) is 3.40. The van der Waals surface area contributed by atoms with Crippen molar-refractivity contribution in [2.75, 3.05) is 12.4 Å². The molecular weight excluding hydrogens is 326 g/mol. The minimum atomic E-state index is -0.257. The lowest BCUT2D eigenvalue weighted by Crippen LogP contribution is -2.13. The fraction of sp³-hybridized carbons (Fsp3) is 0.250. The maximum Gasteiger partial charge on any atom is 0.275 e. The van der Waals surface area contributed by atoms with Gasteiger partial charge in [-0.2, -0.15) is 0 Å². The van der Waals surface area contributed by atoms with Crippen LogP contribution in [0.25, 0.3) is 5.69 Å². The maximum atomic E-state index is 12.4. The molecule has 0 fully saturated rings. The zero-order valence-electron chi connectivity index (χ0n) is 13.4. The Bertz CT molecular complexity index is 829. The summed E-state index contributed by atoms with van der Waals surface area (Å²) in [4.78, 5) is 16.8. The first kappa shape index (κ1) is 16.1. The van der Waals surface area contributed by atoms with Gasteiger partial charge >= 0.3 is 0 Å². The summed E-state index contributed by atoms with van der Waals surface area (Å²) in [5.41, 5.74) is 1.81. The highest BCUT2D eigenvalue weighted by Gasteiger charge is 2.14. The molecule has 0 unspecified atom stereocenters. The van der Waals surface area contributed by atoms with Crippen LogP contribution in [0.1, 0.15) is 28.8 Å². The van der Waals surface area contributed by atoms with E-state index >= 15 is 0 Å². The van der Waals surface area contributed by atoms with Crippen molar-refractivity contribution in [2.24, 2.45) is 0 Å². The van der Waals surface area contributed by atoms with Crippen LogP contribution in [0.5, 0.6) is 5.75 Å². The number of methoxy groups -OCH3 is 1. The van der Waals surface area contributed by atoms with Crippen LogP contribution in [-0.2, 0) is 6.42 Å². The highest BCUT2D eigenvalue weighted by molar-refractivity contribution is 7.09. The molecule has 124 valence electrons. The minimum absolute atomic E-state index is 0.257. The number of carbonyl (C=O) groups excluding carboxylic acids is 1. The number of hydrogen-bond acceptors (Lipinski definition) is 6. The van der Waals surface area contributed by atoms with E-state index in [-0.39, 0.29) is 5.91 Å². The van der Waals surface area contributed by atoms with Crippen LogP contribution >= 0.6 is 11.3 Å². The van der Waals surface area contributed by atoms with Gasteiger partial charge < -0.3 is 10.1 Å². The van der Waals surface area contributed by atoms with Gasteiger partial charge in [0.05, 0.1) is 23.5 Å². The Balaban J connectivity index is 1.84. The zero-order chi connectivity index (χ0) is 16.9. The Morgan fingerprint density at radius 2 is 2.12 bits per heavy atom. The van der Waals surface area contributed by atoms with E-state index in [9.17, 15) is 4.79 Å². The molecule has 0 spiro atoms. The summed E-state index contributed by atoms with van der Waals surface area (Å²) in [6, 6.07) is 5.45. The minimum Gasteiger partial charge on any atom is -0.495 e. The van der Waals surface area contributed by atoms with Crippen LogP contribution in [0.4, 0.5) is 5.69 Å². The predicted molar refractivity (Wildman–Crippen MR) is 92.0 cm³/mol. The molecule has 0 aliphatic rings. The summed E-state index contributed by atoms with van der Waals surface area (Å²) >= 11 is 1.50. The van der Waals surface area contributed by atoms with Crippen LogP contribution in [-0.4, -0.2) is 32.8 Å². The van der Waals surface area contributed by atoms with Crippen molar-refractivity contribution < 1.29 is 9.53 Å². The molecule has 3 rings (SSSR count). The first-order valence-electron chi connectivity index (χ1n) is 7.50. The van der Waals surface area contributed by atoms with E-state index in [1.807, 2.05) is 6.07 Å². The summed E-state index contributed by atoms with van der Waals surface area (Å²) in [6.07, 6.45) is 5.06. The van der Waals surface area contributed by atoms with E-state index in [1.54, 1.807) is 41.8 Å². The molecule has 1 aromatic carbocycles. The first-order chi connectivity index (χ1) is 11.7. The standard InChI is InChI=1S/C16H17N5O2S/c1-3-4-15-19-13(8-24-15)16(22)20-12-7-11(5-6-14(12)23-2)21-9-17-18-10-21/h5-10H,3-4H2,1-2H3,(H,20,22). The summed E-state index contributed by atoms with van der Waals surface area (Å²) in [5, 5.41) is 13.2. The Kier molecular flexibility index (Phi) is 4.85. The van der Waals surface area contributed by atoms with Crippen molar-refractivity contribution in [1.29, 1.82) is 0 Å². The Labute approximate surface area is 143 Å². The molecule has 0 saturated carbocycles. The molecule has 2 heterocycles. The van der Waals surface area contributed by atoms with Crippen LogP contribution < -0.4 is 10.1 Å². The molecular formula is C16H17N5O2S. The van der Waals surface area contributed by atoms with Gasteiger partial charge in [-0.1, -0.05) is 6.92 Å². The van der Waals surface area contributed by atoms with Crippen molar-refractivity contribution in [3.63, 3.8) is 0 Å². The van der Waals surface area contributed by atoms with Gasteiger partial charge in [0.15, 0.2) is 0 Å². The zero-order valence-corrected chi connectivity index (χ0v) is 14.2. The van der Waals surface area contributed by atoms with Gasteiger partial charge in [0, 0.05) is 5.38 Å². The molecule has 0 bridgehead atoms. The van der Waals surface area contributed by atoms with E-state index in [0.29, 0.717) is 17.1 Å². The number of aromatic nitrogens is 4. The van der Waals surface area contributed by atoms with Crippen molar-refractivity contribution in [1.82, 2.24) is 19.7 Å². The highest BCUT2D eigenvalue weighted by Crippen LogP contribution is 2.27. The number of hydrogen-bond donors (Lipinski definition) is 1. The number of ether oxygens (including phenoxy) is 1. The van der Waals surface area contributed by atoms with Gasteiger partial charge in [-0.25, -0.2) is 4.98 Å². The van der Waals surface area contributed by atoms with Gasteiger partial charge in [-0.05, 0) is 31.0 Å². The average Bonchev–Trinajstić information content (AvgIpc) is 3.27. The van der Waals surface area contributed by atoms with Gasteiger partial charge in [-0.3, -0.25) is 9.36 Å². The smallest absolute Gasteiger partial charge is 0.275 e. The lowest BCUT2D eigenvalue weighted by atomic mass is 10.2. The molecule has 24 heavy (non-hydrogen) atoms. The van der Waals surface area contributed by atoms with Crippen molar-refractivity contribution in [3.8, 4) is 11.4 Å². The van der Waals surface area contributed by atoms with Crippen molar-refractivity contribution in [3.05, 3.63) is 46.9 Å². The van der Waals surface area contributed by atoms with E-state index < -0.39 is 0 Å². The average molecular weight is 343 g/mol. The molecule has 7 nitrogen and oxygen atoms in total. The Hall–Kier alpha value is -2.74. The maximum absolute atomic E-state index is 12.4. The van der Waals surface area contributed by atoms with E-state index in [2.05, 4.69) is 27.4 Å². The Morgan fingerprint density at radius 1 is 1.33 bits per heavy atom. The third-order valence-corrected chi connectivity index (χ3v) is 4.31. The number of amides is 1. The fourth-order valence-electron chi connectivity index (χ4n) is 2.22. The number of rotatable bonds is 6. The summed E-state index contributed by atoms with van der Waals surface area (Å²) in [5.74, 6) is 0.317. The number of nitrogens with one attached hydrogen (secondary N) is 1. The van der Waals surface area contributed by atoms with Crippen LogP contribution in [0, 0.1) is 0 Å². The first-order valence-corrected chi connectivity index (χ1v) is 8.38. The molecule has 3 aromatic rings. The second-order valence-electron chi connectivity index (χ2n) is 5.08. The topological polar surface area (TPSA) is 81.9 Å². The third kappa shape index (κ3) is 3.43. The van der Waals surface area contributed by atoms with Crippen molar-refractivity contribution >= 4 is 22.9 Å². The van der Waals surface area contributed by atoms with E-state index in [4.69, 9.17) is 4.74 Å². The summed E-state index contributed by atoms with van der Waals surface area (Å²) in [6.45, 7) is 2.09. The molecule has 2 aromatic heterocycles. The van der Waals surface area contributed by atoms with Crippen LogP contribution in [0.2, 0.25) is 0 Å². The summed E-state index contributed by atoms with van der Waals surface area (Å²) < 4.78 is 7.07.